The predicted molar refractivity (Wildman–Crippen MR) is 78.7 cm³/mol. The molecule has 1 aromatic carbocycles. The SMILES string of the molecule is COC(=O)C(NCc1cc(Br)cc2c1OCC2)C1CC1. The molecule has 1 unspecified atom stereocenters. The first-order valence-electron chi connectivity index (χ1n) is 6.94. The summed E-state index contributed by atoms with van der Waals surface area (Å²) in [6, 6.07) is 3.96. The van der Waals surface area contributed by atoms with Crippen LogP contribution in [0.5, 0.6) is 5.75 Å². The van der Waals surface area contributed by atoms with Crippen LogP contribution in [-0.2, 0) is 22.5 Å². The third-order valence-electron chi connectivity index (χ3n) is 3.89. The van der Waals surface area contributed by atoms with Gasteiger partial charge in [-0.25, -0.2) is 0 Å². The number of fused-ring (bicyclic) bond motifs is 1. The Hall–Kier alpha value is -1.07. The van der Waals surface area contributed by atoms with E-state index in [1.807, 2.05) is 0 Å². The molecule has 0 radical (unpaired) electrons. The number of carbonyl (C=O) groups excluding carboxylic acids is 1. The molecule has 5 heteroatoms. The van der Waals surface area contributed by atoms with E-state index in [9.17, 15) is 4.79 Å². The van der Waals surface area contributed by atoms with Crippen LogP contribution in [0, 0.1) is 5.92 Å². The van der Waals surface area contributed by atoms with E-state index in [2.05, 4.69) is 33.4 Å². The van der Waals surface area contributed by atoms with Crippen LogP contribution in [0.4, 0.5) is 0 Å². The number of rotatable bonds is 5. The zero-order valence-electron chi connectivity index (χ0n) is 11.4. The second-order valence-corrected chi connectivity index (χ2v) is 6.29. The minimum absolute atomic E-state index is 0.167. The van der Waals surface area contributed by atoms with Crippen LogP contribution < -0.4 is 10.1 Å². The lowest BCUT2D eigenvalue weighted by Gasteiger charge is -2.17. The predicted octanol–water partition coefficient (Wildman–Crippen LogP) is 2.43. The average Bonchev–Trinajstić information content (AvgIpc) is 3.16. The van der Waals surface area contributed by atoms with Crippen molar-refractivity contribution in [3.8, 4) is 5.75 Å². The lowest BCUT2D eigenvalue weighted by Crippen LogP contribution is -2.39. The number of ether oxygens (including phenoxy) is 2. The van der Waals surface area contributed by atoms with E-state index in [1.54, 1.807) is 0 Å². The summed E-state index contributed by atoms with van der Waals surface area (Å²) in [6.07, 6.45) is 3.14. The molecular formula is C15H18BrNO3. The molecule has 1 fully saturated rings. The van der Waals surface area contributed by atoms with E-state index in [0.29, 0.717) is 12.5 Å². The third kappa shape index (κ3) is 2.83. The lowest BCUT2D eigenvalue weighted by atomic mass is 10.1. The molecule has 0 saturated heterocycles. The summed E-state index contributed by atoms with van der Waals surface area (Å²) in [5.74, 6) is 1.23. The Morgan fingerprint density at radius 2 is 2.35 bits per heavy atom. The van der Waals surface area contributed by atoms with Gasteiger partial charge in [-0.3, -0.25) is 10.1 Å². The molecule has 3 rings (SSSR count). The fourth-order valence-electron chi connectivity index (χ4n) is 2.70. The molecule has 1 aromatic rings. The topological polar surface area (TPSA) is 47.6 Å². The van der Waals surface area contributed by atoms with Gasteiger partial charge in [0.15, 0.2) is 0 Å². The summed E-state index contributed by atoms with van der Waals surface area (Å²) in [7, 11) is 1.44. The zero-order chi connectivity index (χ0) is 14.1. The molecule has 1 aliphatic carbocycles. The maximum absolute atomic E-state index is 11.8. The minimum Gasteiger partial charge on any atom is -0.493 e. The van der Waals surface area contributed by atoms with Gasteiger partial charge < -0.3 is 9.47 Å². The van der Waals surface area contributed by atoms with Crippen molar-refractivity contribution >= 4 is 21.9 Å². The Balaban J connectivity index is 1.73. The van der Waals surface area contributed by atoms with Gasteiger partial charge in [-0.2, -0.15) is 0 Å². The van der Waals surface area contributed by atoms with Crippen molar-refractivity contribution in [2.45, 2.75) is 31.8 Å². The molecule has 20 heavy (non-hydrogen) atoms. The maximum Gasteiger partial charge on any atom is 0.323 e. The number of hydrogen-bond acceptors (Lipinski definition) is 4. The van der Waals surface area contributed by atoms with Crippen LogP contribution in [0.1, 0.15) is 24.0 Å². The number of halogens is 1. The first-order chi connectivity index (χ1) is 9.69. The first kappa shape index (κ1) is 13.9. The number of benzene rings is 1. The van der Waals surface area contributed by atoms with Crippen LogP contribution >= 0.6 is 15.9 Å². The summed E-state index contributed by atoms with van der Waals surface area (Å²) < 4.78 is 11.6. The fourth-order valence-corrected chi connectivity index (χ4v) is 3.25. The molecule has 0 bridgehead atoms. The average molecular weight is 340 g/mol. The first-order valence-corrected chi connectivity index (χ1v) is 7.73. The molecule has 1 saturated carbocycles. The molecule has 0 amide bonds. The van der Waals surface area contributed by atoms with Crippen molar-refractivity contribution in [3.05, 3.63) is 27.7 Å². The highest BCUT2D eigenvalue weighted by molar-refractivity contribution is 9.10. The van der Waals surface area contributed by atoms with E-state index in [0.717, 1.165) is 41.7 Å². The molecule has 108 valence electrons. The van der Waals surface area contributed by atoms with Gasteiger partial charge in [-0.15, -0.1) is 0 Å². The number of esters is 1. The van der Waals surface area contributed by atoms with Gasteiger partial charge in [0, 0.05) is 23.0 Å². The maximum atomic E-state index is 11.8. The lowest BCUT2D eigenvalue weighted by molar-refractivity contribution is -0.143. The molecule has 1 N–H and O–H groups in total. The van der Waals surface area contributed by atoms with Crippen molar-refractivity contribution in [1.29, 1.82) is 0 Å². The summed E-state index contributed by atoms with van der Waals surface area (Å²) in [6.45, 7) is 1.36. The highest BCUT2D eigenvalue weighted by Gasteiger charge is 2.36. The normalized spacial score (nSPS) is 18.3. The van der Waals surface area contributed by atoms with Crippen molar-refractivity contribution in [2.75, 3.05) is 13.7 Å². The largest absolute Gasteiger partial charge is 0.493 e. The van der Waals surface area contributed by atoms with Crippen LogP contribution in [0.25, 0.3) is 0 Å². The van der Waals surface area contributed by atoms with Crippen LogP contribution in [0.3, 0.4) is 0 Å². The van der Waals surface area contributed by atoms with Crippen LogP contribution in [0.15, 0.2) is 16.6 Å². The Labute approximate surface area is 127 Å². The van der Waals surface area contributed by atoms with Gasteiger partial charge in [-0.1, -0.05) is 15.9 Å². The molecule has 1 heterocycles. The Kier molecular flexibility index (Phi) is 3.98. The van der Waals surface area contributed by atoms with E-state index in [4.69, 9.17) is 9.47 Å². The van der Waals surface area contributed by atoms with Crippen molar-refractivity contribution in [3.63, 3.8) is 0 Å². The summed E-state index contributed by atoms with van der Waals surface area (Å²) in [5, 5.41) is 3.33. The summed E-state index contributed by atoms with van der Waals surface area (Å²) >= 11 is 3.53. The molecule has 4 nitrogen and oxygen atoms in total. The standard InChI is InChI=1S/C15H18BrNO3/c1-19-15(18)13(9-2-3-9)17-8-11-7-12(16)6-10-4-5-20-14(10)11/h6-7,9,13,17H,2-5,8H2,1H3. The van der Waals surface area contributed by atoms with Gasteiger partial charge in [-0.05, 0) is 36.5 Å². The van der Waals surface area contributed by atoms with Gasteiger partial charge in [0.25, 0.3) is 0 Å². The van der Waals surface area contributed by atoms with Gasteiger partial charge >= 0.3 is 5.97 Å². The number of nitrogens with one attached hydrogen (secondary N) is 1. The number of carbonyl (C=O) groups is 1. The van der Waals surface area contributed by atoms with E-state index in [-0.39, 0.29) is 12.0 Å². The third-order valence-corrected chi connectivity index (χ3v) is 4.34. The molecule has 1 aliphatic heterocycles. The molecular weight excluding hydrogens is 322 g/mol. The van der Waals surface area contributed by atoms with Crippen LogP contribution in [-0.4, -0.2) is 25.7 Å². The highest BCUT2D eigenvalue weighted by atomic mass is 79.9. The highest BCUT2D eigenvalue weighted by Crippen LogP contribution is 2.35. The number of hydrogen-bond donors (Lipinski definition) is 1. The Morgan fingerprint density at radius 3 is 3.05 bits per heavy atom. The van der Waals surface area contributed by atoms with Crippen molar-refractivity contribution in [2.24, 2.45) is 5.92 Å². The fraction of sp³-hybridized carbons (Fsp3) is 0.533. The van der Waals surface area contributed by atoms with Crippen molar-refractivity contribution < 1.29 is 14.3 Å². The smallest absolute Gasteiger partial charge is 0.323 e. The quantitative estimate of drug-likeness (QED) is 0.837. The summed E-state index contributed by atoms with van der Waals surface area (Å²) in [4.78, 5) is 11.8. The van der Waals surface area contributed by atoms with E-state index < -0.39 is 0 Å². The molecule has 0 aromatic heterocycles. The second kappa shape index (κ2) is 5.74. The van der Waals surface area contributed by atoms with Gasteiger partial charge in [0.05, 0.1) is 13.7 Å². The Bertz CT molecular complexity index is 528. The second-order valence-electron chi connectivity index (χ2n) is 5.37. The number of methoxy groups -OCH3 is 1. The zero-order valence-corrected chi connectivity index (χ0v) is 13.0. The van der Waals surface area contributed by atoms with Crippen molar-refractivity contribution in [1.82, 2.24) is 5.32 Å². The van der Waals surface area contributed by atoms with Gasteiger partial charge in [0.1, 0.15) is 11.8 Å². The van der Waals surface area contributed by atoms with E-state index >= 15 is 0 Å². The molecule has 1 atom stereocenters. The van der Waals surface area contributed by atoms with Crippen LogP contribution in [0.2, 0.25) is 0 Å². The monoisotopic (exact) mass is 339 g/mol. The molecule has 2 aliphatic rings. The summed E-state index contributed by atoms with van der Waals surface area (Å²) in [5.41, 5.74) is 2.33. The minimum atomic E-state index is -0.198. The van der Waals surface area contributed by atoms with E-state index in [1.165, 1.54) is 12.7 Å². The Morgan fingerprint density at radius 1 is 1.55 bits per heavy atom. The van der Waals surface area contributed by atoms with Gasteiger partial charge in [0.2, 0.25) is 0 Å². The molecule has 0 spiro atoms.